The summed E-state index contributed by atoms with van der Waals surface area (Å²) in [6, 6.07) is 6.52. The Morgan fingerprint density at radius 2 is 1.82 bits per heavy atom. The van der Waals surface area contributed by atoms with Crippen molar-refractivity contribution in [2.24, 2.45) is 4.99 Å². The van der Waals surface area contributed by atoms with Gasteiger partial charge in [-0.05, 0) is 57.0 Å². The Labute approximate surface area is 165 Å². The Kier molecular flexibility index (Phi) is 5.78. The van der Waals surface area contributed by atoms with E-state index in [4.69, 9.17) is 5.11 Å². The monoisotopic (exact) mass is 379 g/mol. The molecule has 2 N–H and O–H groups in total. The third kappa shape index (κ3) is 4.22. The summed E-state index contributed by atoms with van der Waals surface area (Å²) >= 11 is 0. The second-order valence-electron chi connectivity index (χ2n) is 7.28. The molecule has 6 heteroatoms. The first-order valence-electron chi connectivity index (χ1n) is 9.44. The highest BCUT2D eigenvalue weighted by Gasteiger charge is 2.33. The van der Waals surface area contributed by atoms with E-state index >= 15 is 0 Å². The standard InChI is InChI=1S/C22H25N3O3/c1-14(2)19-12-13-20(26)25(18-6-4-5-7-18)21(19)24-15(3)23-17-10-8-16(9-11-17)22(27)28/h8-13,18,23H,3-7H2,1-2H3,(H,27,28)/b24-21+. The zero-order valence-corrected chi connectivity index (χ0v) is 16.2. The summed E-state index contributed by atoms with van der Waals surface area (Å²) in [5.74, 6) is -0.00484. The lowest BCUT2D eigenvalue weighted by Gasteiger charge is -2.33. The number of aromatic carboxylic acids is 1. The van der Waals surface area contributed by atoms with Gasteiger partial charge in [-0.1, -0.05) is 25.0 Å². The van der Waals surface area contributed by atoms with Gasteiger partial charge in [-0.25, -0.2) is 9.79 Å². The Balaban J connectivity index is 1.89. The van der Waals surface area contributed by atoms with Gasteiger partial charge in [0.05, 0.1) is 5.56 Å². The average Bonchev–Trinajstić information content (AvgIpc) is 3.16. The SMILES string of the molecule is C=C(/N=C1\C(=C(C)C)C=CC(=O)N1C1CCCC1)Nc1ccc(C(=O)O)cc1. The largest absolute Gasteiger partial charge is 0.478 e. The van der Waals surface area contributed by atoms with E-state index in [1.54, 1.807) is 23.1 Å². The molecule has 146 valence electrons. The molecule has 0 radical (unpaired) electrons. The second kappa shape index (κ2) is 8.25. The number of hydrogen-bond acceptors (Lipinski definition) is 4. The normalized spacial score (nSPS) is 18.6. The predicted molar refractivity (Wildman–Crippen MR) is 110 cm³/mol. The Hall–Kier alpha value is -3.15. The zero-order valence-electron chi connectivity index (χ0n) is 16.2. The molecule has 1 fully saturated rings. The van der Waals surface area contributed by atoms with Crippen LogP contribution in [0.15, 0.2) is 65.0 Å². The van der Waals surface area contributed by atoms with E-state index in [1.807, 2.05) is 19.9 Å². The number of benzene rings is 1. The Morgan fingerprint density at radius 3 is 2.39 bits per heavy atom. The van der Waals surface area contributed by atoms with Gasteiger partial charge in [-0.2, -0.15) is 0 Å². The molecule has 0 spiro atoms. The van der Waals surface area contributed by atoms with Crippen LogP contribution in [0.3, 0.4) is 0 Å². The van der Waals surface area contributed by atoms with Crippen LogP contribution in [0.2, 0.25) is 0 Å². The minimum Gasteiger partial charge on any atom is -0.478 e. The van der Waals surface area contributed by atoms with Crippen LogP contribution in [0.25, 0.3) is 0 Å². The summed E-state index contributed by atoms with van der Waals surface area (Å²) in [6.45, 7) is 7.98. The van der Waals surface area contributed by atoms with Crippen molar-refractivity contribution < 1.29 is 14.7 Å². The average molecular weight is 379 g/mol. The molecule has 1 saturated carbocycles. The predicted octanol–water partition coefficient (Wildman–Crippen LogP) is 4.34. The fourth-order valence-corrected chi connectivity index (χ4v) is 3.58. The summed E-state index contributed by atoms with van der Waals surface area (Å²) in [7, 11) is 0. The maximum atomic E-state index is 12.6. The molecular formula is C22H25N3O3. The third-order valence-electron chi connectivity index (χ3n) is 4.99. The highest BCUT2D eigenvalue weighted by molar-refractivity contribution is 6.16. The molecule has 0 bridgehead atoms. The van der Waals surface area contributed by atoms with Crippen LogP contribution in [0.5, 0.6) is 0 Å². The van der Waals surface area contributed by atoms with Crippen molar-refractivity contribution in [2.75, 3.05) is 5.32 Å². The summed E-state index contributed by atoms with van der Waals surface area (Å²) in [5, 5.41) is 12.1. The first-order chi connectivity index (χ1) is 13.4. The number of carboxylic acids is 1. The summed E-state index contributed by atoms with van der Waals surface area (Å²) < 4.78 is 0. The highest BCUT2D eigenvalue weighted by Crippen LogP contribution is 2.29. The molecule has 0 aromatic heterocycles. The lowest BCUT2D eigenvalue weighted by atomic mass is 10.0. The van der Waals surface area contributed by atoms with Crippen LogP contribution < -0.4 is 5.32 Å². The van der Waals surface area contributed by atoms with E-state index in [2.05, 4.69) is 16.9 Å². The highest BCUT2D eigenvalue weighted by atomic mass is 16.4. The lowest BCUT2D eigenvalue weighted by Crippen LogP contribution is -2.45. The minimum absolute atomic E-state index is 0.0470. The number of carboxylic acid groups (broad SMARTS) is 1. The van der Waals surface area contributed by atoms with Crippen LogP contribution in [-0.4, -0.2) is 33.8 Å². The summed E-state index contributed by atoms with van der Waals surface area (Å²) in [4.78, 5) is 30.1. The first-order valence-corrected chi connectivity index (χ1v) is 9.44. The van der Waals surface area contributed by atoms with Gasteiger partial charge in [0.25, 0.3) is 5.91 Å². The number of anilines is 1. The van der Waals surface area contributed by atoms with Crippen LogP contribution in [0.1, 0.15) is 49.9 Å². The fourth-order valence-electron chi connectivity index (χ4n) is 3.58. The van der Waals surface area contributed by atoms with E-state index in [0.717, 1.165) is 36.8 Å². The number of carbonyl (C=O) groups excluding carboxylic acids is 1. The molecule has 28 heavy (non-hydrogen) atoms. The smallest absolute Gasteiger partial charge is 0.335 e. The van der Waals surface area contributed by atoms with Gasteiger partial charge in [0.15, 0.2) is 0 Å². The van der Waals surface area contributed by atoms with Crippen molar-refractivity contribution in [2.45, 2.75) is 45.6 Å². The molecule has 1 aliphatic heterocycles. The molecule has 0 atom stereocenters. The number of nitrogens with one attached hydrogen (secondary N) is 1. The van der Waals surface area contributed by atoms with Crippen molar-refractivity contribution >= 4 is 23.4 Å². The van der Waals surface area contributed by atoms with Gasteiger partial charge >= 0.3 is 5.97 Å². The molecule has 6 nitrogen and oxygen atoms in total. The molecule has 3 rings (SSSR count). The Bertz CT molecular complexity index is 884. The number of allylic oxidation sites excluding steroid dienone is 1. The van der Waals surface area contributed by atoms with E-state index in [-0.39, 0.29) is 17.5 Å². The first kappa shape index (κ1) is 19.6. The van der Waals surface area contributed by atoms with E-state index in [1.165, 1.54) is 12.1 Å². The topological polar surface area (TPSA) is 82.0 Å². The van der Waals surface area contributed by atoms with Crippen molar-refractivity contribution in [3.8, 4) is 0 Å². The molecule has 1 aromatic carbocycles. The maximum Gasteiger partial charge on any atom is 0.335 e. The quantitative estimate of drug-likeness (QED) is 0.797. The van der Waals surface area contributed by atoms with Crippen molar-refractivity contribution in [1.82, 2.24) is 4.90 Å². The van der Waals surface area contributed by atoms with Crippen LogP contribution in [0, 0.1) is 0 Å². The Morgan fingerprint density at radius 1 is 1.18 bits per heavy atom. The number of nitrogens with zero attached hydrogens (tertiary/aromatic N) is 2. The van der Waals surface area contributed by atoms with E-state index in [9.17, 15) is 9.59 Å². The van der Waals surface area contributed by atoms with Crippen LogP contribution >= 0.6 is 0 Å². The number of hydrogen-bond donors (Lipinski definition) is 2. The summed E-state index contributed by atoms with van der Waals surface area (Å²) in [5.41, 5.74) is 2.90. The van der Waals surface area contributed by atoms with Crippen molar-refractivity contribution in [3.05, 3.63) is 65.5 Å². The van der Waals surface area contributed by atoms with Gasteiger partial charge in [0, 0.05) is 23.4 Å². The van der Waals surface area contributed by atoms with Gasteiger partial charge < -0.3 is 10.4 Å². The minimum atomic E-state index is -0.974. The van der Waals surface area contributed by atoms with E-state index < -0.39 is 5.97 Å². The van der Waals surface area contributed by atoms with Gasteiger partial charge in [0.1, 0.15) is 11.7 Å². The van der Waals surface area contributed by atoms with Gasteiger partial charge in [0.2, 0.25) is 0 Å². The lowest BCUT2D eigenvalue weighted by molar-refractivity contribution is -0.124. The molecule has 2 aliphatic rings. The number of rotatable bonds is 5. The van der Waals surface area contributed by atoms with Crippen molar-refractivity contribution in [3.63, 3.8) is 0 Å². The summed E-state index contributed by atoms with van der Waals surface area (Å²) in [6.07, 6.45) is 7.61. The molecule has 1 aromatic rings. The van der Waals surface area contributed by atoms with E-state index in [0.29, 0.717) is 17.3 Å². The van der Waals surface area contributed by atoms with Crippen molar-refractivity contribution in [1.29, 1.82) is 0 Å². The van der Waals surface area contributed by atoms with Gasteiger partial charge in [-0.3, -0.25) is 9.69 Å². The molecule has 1 aliphatic carbocycles. The molecule has 0 unspecified atom stereocenters. The molecule has 1 amide bonds. The molecule has 1 heterocycles. The van der Waals surface area contributed by atoms with Crippen LogP contribution in [0.4, 0.5) is 5.69 Å². The second-order valence-corrected chi connectivity index (χ2v) is 7.28. The third-order valence-corrected chi connectivity index (χ3v) is 4.99. The number of amides is 1. The number of carbonyl (C=O) groups is 2. The number of aliphatic imine (C=N–C) groups is 1. The zero-order chi connectivity index (χ0) is 20.3. The molecule has 0 saturated heterocycles. The van der Waals surface area contributed by atoms with Gasteiger partial charge in [-0.15, -0.1) is 0 Å². The molecular weight excluding hydrogens is 354 g/mol. The maximum absolute atomic E-state index is 12.6. The van der Waals surface area contributed by atoms with Crippen LogP contribution in [-0.2, 0) is 4.79 Å². The fraction of sp³-hybridized carbons (Fsp3) is 0.318. The number of amidine groups is 1.